The smallest absolute Gasteiger partial charge is 0.340 e. The molecule has 0 saturated carbocycles. The lowest BCUT2D eigenvalue weighted by atomic mass is 10.2. The molecule has 0 bridgehead atoms. The van der Waals surface area contributed by atoms with Gasteiger partial charge < -0.3 is 9.84 Å². The van der Waals surface area contributed by atoms with Gasteiger partial charge in [-0.3, -0.25) is 4.72 Å². The maximum absolute atomic E-state index is 13.5. The molecule has 1 saturated heterocycles. The zero-order chi connectivity index (χ0) is 14.8. The van der Waals surface area contributed by atoms with E-state index in [1.54, 1.807) is 0 Å². The molecule has 1 aromatic carbocycles. The normalized spacial score (nSPS) is 16.9. The SMILES string of the molecule is O=C(O)c1c(F)cccc1NS(=O)(=O)C1CCOCC1. The van der Waals surface area contributed by atoms with E-state index in [0.29, 0.717) is 26.1 Å². The minimum absolute atomic E-state index is 0.260. The highest BCUT2D eigenvalue weighted by Crippen LogP contribution is 2.23. The Morgan fingerprint density at radius 3 is 2.60 bits per heavy atom. The zero-order valence-electron chi connectivity index (χ0n) is 10.5. The highest BCUT2D eigenvalue weighted by atomic mass is 32.2. The van der Waals surface area contributed by atoms with Gasteiger partial charge in [0.25, 0.3) is 0 Å². The molecule has 6 nitrogen and oxygen atoms in total. The summed E-state index contributed by atoms with van der Waals surface area (Å²) in [6.07, 6.45) is 0.653. The lowest BCUT2D eigenvalue weighted by Crippen LogP contribution is -2.33. The largest absolute Gasteiger partial charge is 0.478 e. The first kappa shape index (κ1) is 14.7. The van der Waals surface area contributed by atoms with Crippen LogP contribution in [0.25, 0.3) is 0 Å². The van der Waals surface area contributed by atoms with Gasteiger partial charge in [-0.25, -0.2) is 17.6 Å². The van der Waals surface area contributed by atoms with Crippen molar-refractivity contribution < 1.29 is 27.4 Å². The summed E-state index contributed by atoms with van der Waals surface area (Å²) >= 11 is 0. The molecule has 2 N–H and O–H groups in total. The van der Waals surface area contributed by atoms with Gasteiger partial charge in [0.1, 0.15) is 11.4 Å². The molecule has 0 amide bonds. The molecule has 1 heterocycles. The molecule has 20 heavy (non-hydrogen) atoms. The number of nitrogens with one attached hydrogen (secondary N) is 1. The van der Waals surface area contributed by atoms with Crippen LogP contribution in [0.5, 0.6) is 0 Å². The van der Waals surface area contributed by atoms with Crippen molar-refractivity contribution in [3.05, 3.63) is 29.6 Å². The summed E-state index contributed by atoms with van der Waals surface area (Å²) in [5.74, 6) is -2.50. The van der Waals surface area contributed by atoms with Gasteiger partial charge in [-0.1, -0.05) is 6.07 Å². The van der Waals surface area contributed by atoms with Gasteiger partial charge in [0.15, 0.2) is 0 Å². The van der Waals surface area contributed by atoms with Crippen LogP contribution in [0, 0.1) is 5.82 Å². The highest BCUT2D eigenvalue weighted by molar-refractivity contribution is 7.93. The third-order valence-corrected chi connectivity index (χ3v) is 4.94. The number of aromatic carboxylic acids is 1. The predicted molar refractivity (Wildman–Crippen MR) is 69.7 cm³/mol. The van der Waals surface area contributed by atoms with E-state index in [0.717, 1.165) is 6.07 Å². The van der Waals surface area contributed by atoms with Crippen LogP contribution >= 0.6 is 0 Å². The molecule has 0 atom stereocenters. The predicted octanol–water partition coefficient (Wildman–Crippen LogP) is 1.44. The number of rotatable bonds is 4. The first-order valence-corrected chi connectivity index (χ1v) is 7.57. The fraction of sp³-hybridized carbons (Fsp3) is 0.417. The Balaban J connectivity index is 2.29. The summed E-state index contributed by atoms with van der Waals surface area (Å²) in [6.45, 7) is 0.668. The van der Waals surface area contributed by atoms with Crippen LogP contribution in [-0.2, 0) is 14.8 Å². The number of carboxylic acid groups (broad SMARTS) is 1. The lowest BCUT2D eigenvalue weighted by molar-refractivity contribution is 0.0693. The van der Waals surface area contributed by atoms with Crippen LogP contribution in [-0.4, -0.2) is 38.0 Å². The van der Waals surface area contributed by atoms with Gasteiger partial charge >= 0.3 is 5.97 Å². The lowest BCUT2D eigenvalue weighted by Gasteiger charge is -2.23. The van der Waals surface area contributed by atoms with Crippen molar-refractivity contribution >= 4 is 21.7 Å². The third-order valence-electron chi connectivity index (χ3n) is 3.09. The molecule has 0 aliphatic carbocycles. The molecule has 1 fully saturated rings. The van der Waals surface area contributed by atoms with Crippen molar-refractivity contribution in [2.45, 2.75) is 18.1 Å². The monoisotopic (exact) mass is 303 g/mol. The third kappa shape index (κ3) is 3.07. The average Bonchev–Trinajstić information content (AvgIpc) is 2.39. The Morgan fingerprint density at radius 1 is 1.35 bits per heavy atom. The summed E-state index contributed by atoms with van der Waals surface area (Å²) in [7, 11) is -3.77. The molecule has 1 aliphatic heterocycles. The molecule has 0 spiro atoms. The second-order valence-electron chi connectivity index (χ2n) is 4.43. The minimum Gasteiger partial charge on any atom is -0.478 e. The van der Waals surface area contributed by atoms with Crippen LogP contribution in [0.4, 0.5) is 10.1 Å². The Kier molecular flexibility index (Phi) is 4.24. The standard InChI is InChI=1S/C12H14FNO5S/c13-9-2-1-3-10(11(9)12(15)16)14-20(17,18)8-4-6-19-7-5-8/h1-3,8,14H,4-7H2,(H,15,16). The molecule has 110 valence electrons. The number of sulfonamides is 1. The number of hydrogen-bond acceptors (Lipinski definition) is 4. The Morgan fingerprint density at radius 2 is 2.00 bits per heavy atom. The summed E-state index contributed by atoms with van der Waals surface area (Å²) in [5, 5.41) is 8.29. The second kappa shape index (κ2) is 5.76. The number of carboxylic acids is 1. The van der Waals surface area contributed by atoms with E-state index >= 15 is 0 Å². The van der Waals surface area contributed by atoms with E-state index < -0.39 is 32.6 Å². The van der Waals surface area contributed by atoms with Crippen LogP contribution in [0.2, 0.25) is 0 Å². The van der Waals surface area contributed by atoms with E-state index in [-0.39, 0.29) is 5.69 Å². The van der Waals surface area contributed by atoms with Crippen molar-refractivity contribution in [1.82, 2.24) is 0 Å². The number of benzene rings is 1. The van der Waals surface area contributed by atoms with Crippen LogP contribution in [0.15, 0.2) is 18.2 Å². The Bertz CT molecular complexity index is 610. The second-order valence-corrected chi connectivity index (χ2v) is 6.39. The van der Waals surface area contributed by atoms with Gasteiger partial charge in [-0.15, -0.1) is 0 Å². The molecular formula is C12H14FNO5S. The van der Waals surface area contributed by atoms with E-state index in [1.807, 2.05) is 0 Å². The molecule has 8 heteroatoms. The van der Waals surface area contributed by atoms with Gasteiger partial charge in [0.05, 0.1) is 10.9 Å². The van der Waals surface area contributed by atoms with E-state index in [2.05, 4.69) is 4.72 Å². The van der Waals surface area contributed by atoms with E-state index in [9.17, 15) is 17.6 Å². The number of hydrogen-bond donors (Lipinski definition) is 2. The topological polar surface area (TPSA) is 92.7 Å². The minimum atomic E-state index is -3.77. The van der Waals surface area contributed by atoms with Crippen molar-refractivity contribution in [3.63, 3.8) is 0 Å². The molecular weight excluding hydrogens is 289 g/mol. The average molecular weight is 303 g/mol. The van der Waals surface area contributed by atoms with Crippen LogP contribution in [0.3, 0.4) is 0 Å². The Labute approximate surface area is 115 Å². The number of halogens is 1. The van der Waals surface area contributed by atoms with Gasteiger partial charge in [-0.05, 0) is 25.0 Å². The van der Waals surface area contributed by atoms with Crippen LogP contribution < -0.4 is 4.72 Å². The summed E-state index contributed by atoms with van der Waals surface area (Å²) in [6, 6.07) is 3.45. The van der Waals surface area contributed by atoms with E-state index in [4.69, 9.17) is 9.84 Å². The summed E-state index contributed by atoms with van der Waals surface area (Å²) < 4.78 is 45.1. The van der Waals surface area contributed by atoms with Crippen molar-refractivity contribution in [2.24, 2.45) is 0 Å². The fourth-order valence-electron chi connectivity index (χ4n) is 2.05. The zero-order valence-corrected chi connectivity index (χ0v) is 11.3. The maximum atomic E-state index is 13.5. The maximum Gasteiger partial charge on any atom is 0.340 e. The molecule has 2 rings (SSSR count). The Hall–Kier alpha value is -1.67. The molecule has 1 aliphatic rings. The molecule has 1 aromatic rings. The molecule has 0 radical (unpaired) electrons. The van der Waals surface area contributed by atoms with Gasteiger partial charge in [-0.2, -0.15) is 0 Å². The summed E-state index contributed by atoms with van der Waals surface area (Å²) in [5.41, 5.74) is -0.938. The first-order valence-electron chi connectivity index (χ1n) is 6.03. The quantitative estimate of drug-likeness (QED) is 0.878. The van der Waals surface area contributed by atoms with Crippen molar-refractivity contribution in [1.29, 1.82) is 0 Å². The number of carbonyl (C=O) groups is 1. The summed E-state index contributed by atoms with van der Waals surface area (Å²) in [4.78, 5) is 11.0. The van der Waals surface area contributed by atoms with Gasteiger partial charge in [0.2, 0.25) is 10.0 Å². The first-order chi connectivity index (χ1) is 9.42. The highest BCUT2D eigenvalue weighted by Gasteiger charge is 2.29. The van der Waals surface area contributed by atoms with E-state index in [1.165, 1.54) is 12.1 Å². The van der Waals surface area contributed by atoms with Gasteiger partial charge in [0, 0.05) is 13.2 Å². The molecule has 0 aromatic heterocycles. The fourth-order valence-corrected chi connectivity index (χ4v) is 3.51. The van der Waals surface area contributed by atoms with Crippen molar-refractivity contribution in [3.8, 4) is 0 Å². The molecule has 0 unspecified atom stereocenters. The number of ether oxygens (including phenoxy) is 1. The van der Waals surface area contributed by atoms with Crippen LogP contribution in [0.1, 0.15) is 23.2 Å². The number of anilines is 1. The van der Waals surface area contributed by atoms with Crippen molar-refractivity contribution in [2.75, 3.05) is 17.9 Å².